The topological polar surface area (TPSA) is 96.3 Å². The van der Waals surface area contributed by atoms with Crippen LogP contribution in [0.15, 0.2) is 86.1 Å². The van der Waals surface area contributed by atoms with Crippen molar-refractivity contribution in [2.24, 2.45) is 0 Å². The monoisotopic (exact) mass is 588 g/mol. The SMILES string of the molecule is Cc1ccc(S(=O)(=O)Oc2c(Br)cc(Br)cc2/C=C(\C#N)C(=O)NCc2ccccc2)cc1. The van der Waals surface area contributed by atoms with Gasteiger partial charge >= 0.3 is 10.1 Å². The fraction of sp³-hybridized carbons (Fsp3) is 0.0833. The molecule has 0 heterocycles. The maximum absolute atomic E-state index is 12.8. The first-order chi connectivity index (χ1) is 15.7. The number of nitriles is 1. The molecule has 0 aliphatic carbocycles. The lowest BCUT2D eigenvalue weighted by Gasteiger charge is -2.13. The number of hydrogen-bond acceptors (Lipinski definition) is 5. The number of amides is 1. The molecule has 1 amide bonds. The minimum Gasteiger partial charge on any atom is -0.377 e. The van der Waals surface area contributed by atoms with E-state index in [4.69, 9.17) is 4.18 Å². The van der Waals surface area contributed by atoms with Crippen LogP contribution in [0.3, 0.4) is 0 Å². The second kappa shape index (κ2) is 10.8. The molecule has 3 aromatic carbocycles. The third-order valence-electron chi connectivity index (χ3n) is 4.50. The van der Waals surface area contributed by atoms with E-state index in [1.54, 1.807) is 24.3 Å². The first-order valence-electron chi connectivity index (χ1n) is 9.64. The molecule has 0 radical (unpaired) electrons. The normalized spacial score (nSPS) is 11.5. The quantitative estimate of drug-likeness (QED) is 0.223. The van der Waals surface area contributed by atoms with Crippen LogP contribution in [0, 0.1) is 18.3 Å². The van der Waals surface area contributed by atoms with Crippen LogP contribution < -0.4 is 9.50 Å². The molecule has 0 aliphatic rings. The summed E-state index contributed by atoms with van der Waals surface area (Å²) in [5.41, 5.74) is 1.82. The molecular formula is C24H18Br2N2O4S. The van der Waals surface area contributed by atoms with Crippen molar-refractivity contribution in [2.75, 3.05) is 0 Å². The summed E-state index contributed by atoms with van der Waals surface area (Å²) in [7, 11) is -4.15. The minimum atomic E-state index is -4.15. The molecule has 0 saturated heterocycles. The molecule has 0 bridgehead atoms. The van der Waals surface area contributed by atoms with E-state index in [1.807, 2.05) is 43.3 Å². The highest BCUT2D eigenvalue weighted by atomic mass is 79.9. The van der Waals surface area contributed by atoms with Crippen molar-refractivity contribution in [3.05, 3.63) is 97.9 Å². The van der Waals surface area contributed by atoms with Gasteiger partial charge in [0.15, 0.2) is 5.75 Å². The van der Waals surface area contributed by atoms with Crippen molar-refractivity contribution in [3.63, 3.8) is 0 Å². The van der Waals surface area contributed by atoms with E-state index >= 15 is 0 Å². The second-order valence-corrected chi connectivity index (χ2v) is 10.3. The van der Waals surface area contributed by atoms with Gasteiger partial charge in [0.2, 0.25) is 0 Å². The fourth-order valence-corrected chi connectivity index (χ4v) is 5.23. The van der Waals surface area contributed by atoms with Gasteiger partial charge in [-0.3, -0.25) is 4.79 Å². The summed E-state index contributed by atoms with van der Waals surface area (Å²) in [6.07, 6.45) is 1.29. The van der Waals surface area contributed by atoms with Crippen LogP contribution in [0.2, 0.25) is 0 Å². The van der Waals surface area contributed by atoms with E-state index in [0.29, 0.717) is 8.95 Å². The van der Waals surface area contributed by atoms with Crippen molar-refractivity contribution in [2.45, 2.75) is 18.4 Å². The number of nitrogens with one attached hydrogen (secondary N) is 1. The number of aryl methyl sites for hydroxylation is 1. The van der Waals surface area contributed by atoms with Gasteiger partial charge in [-0.05, 0) is 58.8 Å². The highest BCUT2D eigenvalue weighted by molar-refractivity contribution is 9.11. The Morgan fingerprint density at radius 1 is 1.09 bits per heavy atom. The molecule has 0 unspecified atom stereocenters. The van der Waals surface area contributed by atoms with E-state index in [1.165, 1.54) is 18.2 Å². The van der Waals surface area contributed by atoms with Crippen molar-refractivity contribution < 1.29 is 17.4 Å². The average Bonchev–Trinajstić information content (AvgIpc) is 2.79. The Kier molecular flexibility index (Phi) is 8.08. The van der Waals surface area contributed by atoms with Gasteiger partial charge in [0.1, 0.15) is 16.5 Å². The first-order valence-corrected chi connectivity index (χ1v) is 12.6. The summed E-state index contributed by atoms with van der Waals surface area (Å²) in [5, 5.41) is 12.2. The van der Waals surface area contributed by atoms with E-state index < -0.39 is 16.0 Å². The van der Waals surface area contributed by atoms with Crippen LogP contribution in [0.25, 0.3) is 6.08 Å². The van der Waals surface area contributed by atoms with Crippen LogP contribution >= 0.6 is 31.9 Å². The van der Waals surface area contributed by atoms with Gasteiger partial charge in [-0.2, -0.15) is 13.7 Å². The van der Waals surface area contributed by atoms with Gasteiger partial charge in [0, 0.05) is 16.6 Å². The summed E-state index contributed by atoms with van der Waals surface area (Å²) in [5.74, 6) is -0.632. The predicted molar refractivity (Wildman–Crippen MR) is 133 cm³/mol. The molecule has 6 nitrogen and oxygen atoms in total. The molecule has 0 aromatic heterocycles. The predicted octanol–water partition coefficient (Wildman–Crippen LogP) is 5.51. The molecule has 0 spiro atoms. The van der Waals surface area contributed by atoms with E-state index in [2.05, 4.69) is 37.2 Å². The van der Waals surface area contributed by atoms with Gasteiger partial charge in [0.25, 0.3) is 5.91 Å². The molecule has 0 fully saturated rings. The van der Waals surface area contributed by atoms with Gasteiger partial charge in [-0.15, -0.1) is 0 Å². The summed E-state index contributed by atoms with van der Waals surface area (Å²) < 4.78 is 32.0. The van der Waals surface area contributed by atoms with E-state index in [-0.39, 0.29) is 28.3 Å². The summed E-state index contributed by atoms with van der Waals surface area (Å²) in [6.45, 7) is 2.09. The molecule has 3 rings (SSSR count). The molecule has 0 saturated carbocycles. The van der Waals surface area contributed by atoms with E-state index in [9.17, 15) is 18.5 Å². The number of benzene rings is 3. The smallest absolute Gasteiger partial charge is 0.339 e. The Bertz CT molecular complexity index is 1350. The van der Waals surface area contributed by atoms with Crippen molar-refractivity contribution in [1.29, 1.82) is 5.26 Å². The van der Waals surface area contributed by atoms with Crippen LogP contribution in [0.1, 0.15) is 16.7 Å². The number of halogens is 2. The molecule has 9 heteroatoms. The van der Waals surface area contributed by atoms with Crippen LogP contribution in [-0.4, -0.2) is 14.3 Å². The Balaban J connectivity index is 1.93. The maximum atomic E-state index is 12.8. The highest BCUT2D eigenvalue weighted by Crippen LogP contribution is 2.36. The molecule has 33 heavy (non-hydrogen) atoms. The third-order valence-corrected chi connectivity index (χ3v) is 6.78. The molecular weight excluding hydrogens is 572 g/mol. The summed E-state index contributed by atoms with van der Waals surface area (Å²) in [6, 6.07) is 20.5. The molecule has 0 aliphatic heterocycles. The van der Waals surface area contributed by atoms with Gasteiger partial charge in [-0.25, -0.2) is 0 Å². The first kappa shape index (κ1) is 24.7. The Hall–Kier alpha value is -2.93. The summed E-state index contributed by atoms with van der Waals surface area (Å²) in [4.78, 5) is 12.6. The van der Waals surface area contributed by atoms with Gasteiger partial charge in [-0.1, -0.05) is 64.0 Å². The number of hydrogen-bond donors (Lipinski definition) is 1. The maximum Gasteiger partial charge on any atom is 0.339 e. The van der Waals surface area contributed by atoms with Crippen LogP contribution in [0.5, 0.6) is 5.75 Å². The fourth-order valence-electron chi connectivity index (χ4n) is 2.82. The number of carbonyl (C=O) groups is 1. The lowest BCUT2D eigenvalue weighted by Crippen LogP contribution is -2.24. The molecule has 168 valence electrons. The lowest BCUT2D eigenvalue weighted by atomic mass is 10.1. The van der Waals surface area contributed by atoms with Crippen molar-refractivity contribution >= 4 is 54.0 Å². The van der Waals surface area contributed by atoms with Crippen molar-refractivity contribution in [3.8, 4) is 11.8 Å². The van der Waals surface area contributed by atoms with Crippen LogP contribution in [0.4, 0.5) is 0 Å². The highest BCUT2D eigenvalue weighted by Gasteiger charge is 2.21. The zero-order chi connectivity index (χ0) is 24.0. The zero-order valence-corrected chi connectivity index (χ0v) is 21.4. The largest absolute Gasteiger partial charge is 0.377 e. The van der Waals surface area contributed by atoms with Gasteiger partial charge in [0.05, 0.1) is 4.47 Å². The Labute approximate surface area is 209 Å². The number of rotatable bonds is 7. The van der Waals surface area contributed by atoms with Crippen LogP contribution in [-0.2, 0) is 21.5 Å². The van der Waals surface area contributed by atoms with Gasteiger partial charge < -0.3 is 9.50 Å². The third kappa shape index (κ3) is 6.54. The lowest BCUT2D eigenvalue weighted by molar-refractivity contribution is -0.117. The standard InChI is InChI=1S/C24H18Br2N2O4S/c1-16-7-9-21(10-8-16)33(30,31)32-23-18(12-20(25)13-22(23)26)11-19(14-27)24(29)28-15-17-5-3-2-4-6-17/h2-13H,15H2,1H3,(H,28,29)/b19-11+. The molecule has 1 N–H and O–H groups in total. The number of nitrogens with zero attached hydrogens (tertiary/aromatic N) is 1. The Morgan fingerprint density at radius 2 is 1.76 bits per heavy atom. The molecule has 3 aromatic rings. The molecule has 0 atom stereocenters. The summed E-state index contributed by atoms with van der Waals surface area (Å²) >= 11 is 6.66. The van der Waals surface area contributed by atoms with Crippen molar-refractivity contribution in [1.82, 2.24) is 5.32 Å². The Morgan fingerprint density at radius 3 is 2.39 bits per heavy atom. The zero-order valence-electron chi connectivity index (χ0n) is 17.4. The average molecular weight is 590 g/mol. The second-order valence-electron chi connectivity index (χ2n) is 6.99. The van der Waals surface area contributed by atoms with E-state index in [0.717, 1.165) is 11.1 Å². The minimum absolute atomic E-state index is 0.0149. The number of carbonyl (C=O) groups excluding carboxylic acids is 1.